The Bertz CT molecular complexity index is 614. The van der Waals surface area contributed by atoms with E-state index in [1.165, 1.54) is 18.2 Å². The van der Waals surface area contributed by atoms with E-state index in [-0.39, 0.29) is 5.56 Å². The fourth-order valence-electron chi connectivity index (χ4n) is 2.66. The van der Waals surface area contributed by atoms with Crippen molar-refractivity contribution in [2.45, 2.75) is 40.2 Å². The molecule has 2 nitrogen and oxygen atoms in total. The highest BCUT2D eigenvalue weighted by Crippen LogP contribution is 2.33. The van der Waals surface area contributed by atoms with E-state index in [2.05, 4.69) is 5.32 Å². The van der Waals surface area contributed by atoms with Crippen LogP contribution in [0.4, 0.5) is 8.78 Å². The Morgan fingerprint density at radius 2 is 1.67 bits per heavy atom. The zero-order valence-electron chi connectivity index (χ0n) is 12.9. The molecule has 1 atom stereocenters. The van der Waals surface area contributed by atoms with Gasteiger partial charge in [0.1, 0.15) is 23.2 Å². The highest BCUT2D eigenvalue weighted by Gasteiger charge is 2.27. The summed E-state index contributed by atoms with van der Waals surface area (Å²) in [4.78, 5) is 0. The van der Waals surface area contributed by atoms with Gasteiger partial charge in [-0.15, -0.1) is 0 Å². The van der Waals surface area contributed by atoms with Crippen molar-refractivity contribution in [3.8, 4) is 0 Å². The molecule has 0 saturated carbocycles. The van der Waals surface area contributed by atoms with E-state index in [0.29, 0.717) is 12.3 Å². The van der Waals surface area contributed by atoms with E-state index in [4.69, 9.17) is 4.42 Å². The average Bonchev–Trinajstić information content (AvgIpc) is 2.67. The number of aryl methyl sites for hydroxylation is 2. The largest absolute Gasteiger partial charge is 0.466 e. The van der Waals surface area contributed by atoms with Gasteiger partial charge < -0.3 is 9.73 Å². The lowest BCUT2D eigenvalue weighted by Crippen LogP contribution is -2.26. The van der Waals surface area contributed by atoms with Gasteiger partial charge in [0.25, 0.3) is 0 Å². The Morgan fingerprint density at radius 3 is 2.14 bits per heavy atom. The summed E-state index contributed by atoms with van der Waals surface area (Å²) in [7, 11) is 0. The van der Waals surface area contributed by atoms with Gasteiger partial charge in [0.15, 0.2) is 0 Å². The molecular formula is C17H21F2NO. The van der Waals surface area contributed by atoms with Crippen LogP contribution in [0.3, 0.4) is 0 Å². The Kier molecular flexibility index (Phi) is 4.78. The van der Waals surface area contributed by atoms with Gasteiger partial charge in [-0.3, -0.25) is 0 Å². The molecule has 0 spiro atoms. The quantitative estimate of drug-likeness (QED) is 0.873. The molecule has 114 valence electrons. The summed E-state index contributed by atoms with van der Waals surface area (Å²) in [6, 6.07) is 3.42. The standard InChI is InChI=1S/C17H21F2NO/c1-5-9-20-17(15-10(2)11(3)21-12(15)4)16-13(18)7-6-8-14(16)19/h6-8,17,20H,5,9H2,1-4H3. The first-order valence-electron chi connectivity index (χ1n) is 7.21. The number of nitrogens with one attached hydrogen (secondary N) is 1. The minimum Gasteiger partial charge on any atom is -0.466 e. The second kappa shape index (κ2) is 6.39. The van der Waals surface area contributed by atoms with Crippen LogP contribution in [0.5, 0.6) is 0 Å². The van der Waals surface area contributed by atoms with Crippen molar-refractivity contribution in [1.29, 1.82) is 0 Å². The maximum absolute atomic E-state index is 14.2. The molecule has 0 aliphatic heterocycles. The summed E-state index contributed by atoms with van der Waals surface area (Å²) in [5.74, 6) is 0.395. The number of hydrogen-bond donors (Lipinski definition) is 1. The zero-order chi connectivity index (χ0) is 15.6. The summed E-state index contributed by atoms with van der Waals surface area (Å²) in [5, 5.41) is 3.24. The number of rotatable bonds is 5. The SMILES string of the molecule is CCCNC(c1c(F)cccc1F)c1c(C)oc(C)c1C. The lowest BCUT2D eigenvalue weighted by molar-refractivity contribution is 0.479. The minimum atomic E-state index is -0.541. The van der Waals surface area contributed by atoms with Crippen molar-refractivity contribution >= 4 is 0 Å². The third-order valence-electron chi connectivity index (χ3n) is 3.79. The van der Waals surface area contributed by atoms with Gasteiger partial charge in [-0.1, -0.05) is 13.0 Å². The molecule has 0 saturated heterocycles. The summed E-state index contributed by atoms with van der Waals surface area (Å²) < 4.78 is 34.0. The van der Waals surface area contributed by atoms with Crippen molar-refractivity contribution < 1.29 is 13.2 Å². The molecule has 1 unspecified atom stereocenters. The summed E-state index contributed by atoms with van der Waals surface area (Å²) >= 11 is 0. The fourth-order valence-corrected chi connectivity index (χ4v) is 2.66. The Hall–Kier alpha value is -1.68. The topological polar surface area (TPSA) is 25.2 Å². The van der Waals surface area contributed by atoms with E-state index in [0.717, 1.165) is 23.3 Å². The molecule has 0 aliphatic carbocycles. The molecule has 21 heavy (non-hydrogen) atoms. The lowest BCUT2D eigenvalue weighted by atomic mass is 9.94. The van der Waals surface area contributed by atoms with E-state index >= 15 is 0 Å². The number of benzene rings is 1. The van der Waals surface area contributed by atoms with Gasteiger partial charge in [0, 0.05) is 11.1 Å². The Labute approximate surface area is 124 Å². The normalized spacial score (nSPS) is 12.7. The first kappa shape index (κ1) is 15.7. The van der Waals surface area contributed by atoms with Crippen molar-refractivity contribution in [3.63, 3.8) is 0 Å². The monoisotopic (exact) mass is 293 g/mol. The maximum atomic E-state index is 14.2. The predicted molar refractivity (Wildman–Crippen MR) is 79.4 cm³/mol. The average molecular weight is 293 g/mol. The van der Waals surface area contributed by atoms with Crippen molar-refractivity contribution in [3.05, 3.63) is 58.0 Å². The molecule has 0 aliphatic rings. The molecule has 1 aromatic carbocycles. The second-order valence-electron chi connectivity index (χ2n) is 5.28. The van der Waals surface area contributed by atoms with Crippen LogP contribution in [0.1, 0.15) is 47.6 Å². The summed E-state index contributed by atoms with van der Waals surface area (Å²) in [6.07, 6.45) is 0.876. The van der Waals surface area contributed by atoms with Crippen LogP contribution in [-0.2, 0) is 0 Å². The molecule has 0 fully saturated rings. The van der Waals surface area contributed by atoms with E-state index < -0.39 is 17.7 Å². The molecule has 1 heterocycles. The highest BCUT2D eigenvalue weighted by molar-refractivity contribution is 5.41. The number of hydrogen-bond acceptors (Lipinski definition) is 2. The third kappa shape index (κ3) is 3.00. The molecule has 0 bridgehead atoms. The molecule has 0 radical (unpaired) electrons. The lowest BCUT2D eigenvalue weighted by Gasteiger charge is -2.21. The number of furan rings is 1. The Balaban J connectivity index is 2.58. The van der Waals surface area contributed by atoms with Crippen LogP contribution >= 0.6 is 0 Å². The first-order valence-corrected chi connectivity index (χ1v) is 7.21. The fraction of sp³-hybridized carbons (Fsp3) is 0.412. The molecule has 2 aromatic rings. The molecule has 4 heteroatoms. The van der Waals surface area contributed by atoms with Crippen LogP contribution in [0.2, 0.25) is 0 Å². The van der Waals surface area contributed by atoms with Crippen LogP contribution in [0.15, 0.2) is 22.6 Å². The van der Waals surface area contributed by atoms with Crippen LogP contribution in [-0.4, -0.2) is 6.54 Å². The maximum Gasteiger partial charge on any atom is 0.131 e. The molecule has 2 rings (SSSR count). The van der Waals surface area contributed by atoms with Crippen molar-refractivity contribution in [2.24, 2.45) is 0 Å². The van der Waals surface area contributed by atoms with Gasteiger partial charge in [-0.05, 0) is 51.4 Å². The summed E-state index contributed by atoms with van der Waals surface area (Å²) in [6.45, 7) is 8.29. The smallest absolute Gasteiger partial charge is 0.131 e. The molecule has 1 N–H and O–H groups in total. The van der Waals surface area contributed by atoms with E-state index in [1.54, 1.807) is 0 Å². The van der Waals surface area contributed by atoms with Gasteiger partial charge in [-0.25, -0.2) is 8.78 Å². The number of halogens is 2. The summed E-state index contributed by atoms with van der Waals surface area (Å²) in [5.41, 5.74) is 1.81. The van der Waals surface area contributed by atoms with Crippen LogP contribution in [0, 0.1) is 32.4 Å². The third-order valence-corrected chi connectivity index (χ3v) is 3.79. The van der Waals surface area contributed by atoms with E-state index in [9.17, 15) is 8.78 Å². The molecular weight excluding hydrogens is 272 g/mol. The van der Waals surface area contributed by atoms with Crippen LogP contribution < -0.4 is 5.32 Å². The zero-order valence-corrected chi connectivity index (χ0v) is 12.9. The molecule has 0 amide bonds. The second-order valence-corrected chi connectivity index (χ2v) is 5.28. The van der Waals surface area contributed by atoms with E-state index in [1.807, 2.05) is 27.7 Å². The predicted octanol–water partition coefficient (Wildman–Crippen LogP) is 4.57. The Morgan fingerprint density at radius 1 is 1.05 bits per heavy atom. The van der Waals surface area contributed by atoms with Gasteiger partial charge in [0.05, 0.1) is 6.04 Å². The minimum absolute atomic E-state index is 0.0537. The van der Waals surface area contributed by atoms with Gasteiger partial charge in [-0.2, -0.15) is 0 Å². The van der Waals surface area contributed by atoms with Gasteiger partial charge in [0.2, 0.25) is 0 Å². The first-order chi connectivity index (χ1) is 9.97. The van der Waals surface area contributed by atoms with Crippen molar-refractivity contribution in [1.82, 2.24) is 5.32 Å². The van der Waals surface area contributed by atoms with Crippen molar-refractivity contribution in [2.75, 3.05) is 6.54 Å². The molecule has 1 aromatic heterocycles. The van der Waals surface area contributed by atoms with Crippen LogP contribution in [0.25, 0.3) is 0 Å². The van der Waals surface area contributed by atoms with Gasteiger partial charge >= 0.3 is 0 Å². The highest BCUT2D eigenvalue weighted by atomic mass is 19.1.